The molecule has 1 fully saturated rings. The van der Waals surface area contributed by atoms with Gasteiger partial charge in [0.1, 0.15) is 31.1 Å². The molecule has 1 N–H and O–H groups in total. The zero-order valence-electron chi connectivity index (χ0n) is 13.5. The number of aromatic nitrogens is 3. The zero-order valence-corrected chi connectivity index (χ0v) is 13.5. The number of aliphatic hydroxyl groups is 1. The van der Waals surface area contributed by atoms with Crippen LogP contribution >= 0.6 is 0 Å². The largest absolute Gasteiger partial charge is 0.491 e. The summed E-state index contributed by atoms with van der Waals surface area (Å²) in [5.74, 6) is 0.665. The number of benzene rings is 1. The minimum Gasteiger partial charge on any atom is -0.491 e. The van der Waals surface area contributed by atoms with Crippen LogP contribution in [0.3, 0.4) is 0 Å². The highest BCUT2D eigenvalue weighted by Crippen LogP contribution is 2.21. The number of nitrogens with zero attached hydrogens (tertiary/aromatic N) is 5. The van der Waals surface area contributed by atoms with E-state index in [1.165, 1.54) is 0 Å². The van der Waals surface area contributed by atoms with E-state index in [4.69, 9.17) is 10.00 Å². The minimum atomic E-state index is -0.538. The number of rotatable bonds is 6. The first-order valence-electron chi connectivity index (χ1n) is 8.12. The van der Waals surface area contributed by atoms with E-state index in [0.29, 0.717) is 23.9 Å². The summed E-state index contributed by atoms with van der Waals surface area (Å²) in [6, 6.07) is 9.36. The summed E-state index contributed by atoms with van der Waals surface area (Å²) in [7, 11) is 0. The number of aliphatic hydroxyl groups excluding tert-OH is 1. The van der Waals surface area contributed by atoms with Crippen LogP contribution in [0.25, 0.3) is 0 Å². The predicted octanol–water partition coefficient (Wildman–Crippen LogP) is 1.23. The lowest BCUT2D eigenvalue weighted by Crippen LogP contribution is -2.41. The number of β-amino-alcohol motifs (C(OH)–C–C–N with tert-alkyl or cyclic N) is 1. The third kappa shape index (κ3) is 4.31. The van der Waals surface area contributed by atoms with E-state index >= 15 is 0 Å². The molecule has 1 aliphatic rings. The molecule has 0 saturated carbocycles. The van der Waals surface area contributed by atoms with Crippen molar-refractivity contribution < 1.29 is 9.84 Å². The van der Waals surface area contributed by atoms with Gasteiger partial charge in [0.2, 0.25) is 0 Å². The summed E-state index contributed by atoms with van der Waals surface area (Å²) in [6.45, 7) is 2.70. The van der Waals surface area contributed by atoms with Crippen molar-refractivity contribution >= 4 is 0 Å². The molecule has 1 aliphatic heterocycles. The molecule has 126 valence electrons. The van der Waals surface area contributed by atoms with E-state index in [1.807, 2.05) is 4.68 Å². The lowest BCUT2D eigenvalue weighted by molar-refractivity contribution is 0.0550. The monoisotopic (exact) mass is 327 g/mol. The molecule has 0 aliphatic carbocycles. The van der Waals surface area contributed by atoms with Gasteiger partial charge in [-0.15, -0.1) is 0 Å². The van der Waals surface area contributed by atoms with Gasteiger partial charge < -0.3 is 14.7 Å². The molecule has 7 nitrogen and oxygen atoms in total. The van der Waals surface area contributed by atoms with Crippen molar-refractivity contribution in [3.05, 3.63) is 42.5 Å². The van der Waals surface area contributed by atoms with E-state index in [-0.39, 0.29) is 6.61 Å². The summed E-state index contributed by atoms with van der Waals surface area (Å²) >= 11 is 0. The fourth-order valence-corrected chi connectivity index (χ4v) is 2.94. The van der Waals surface area contributed by atoms with Crippen LogP contribution < -0.4 is 4.74 Å². The predicted molar refractivity (Wildman–Crippen MR) is 87.4 cm³/mol. The highest BCUT2D eigenvalue weighted by atomic mass is 16.5. The van der Waals surface area contributed by atoms with Crippen LogP contribution in [0.15, 0.2) is 36.9 Å². The number of hydrogen-bond acceptors (Lipinski definition) is 6. The molecule has 1 atom stereocenters. The second kappa shape index (κ2) is 7.90. The lowest BCUT2D eigenvalue weighted by atomic mass is 10.1. The van der Waals surface area contributed by atoms with Gasteiger partial charge in [-0.2, -0.15) is 10.4 Å². The molecule has 0 amide bonds. The third-order valence-electron chi connectivity index (χ3n) is 4.26. The van der Waals surface area contributed by atoms with E-state index in [0.717, 1.165) is 25.9 Å². The standard InChI is InChI=1S/C17H21N5O2/c18-9-14-1-3-17(4-2-14)24-11-16(23)10-21-7-5-15(6-8-21)22-13-19-12-20-22/h1-4,12-13,15-16,23H,5-8,10-11H2. The van der Waals surface area contributed by atoms with Crippen molar-refractivity contribution in [3.63, 3.8) is 0 Å². The van der Waals surface area contributed by atoms with Crippen molar-refractivity contribution in [2.75, 3.05) is 26.2 Å². The summed E-state index contributed by atoms with van der Waals surface area (Å²) < 4.78 is 7.50. The molecule has 1 unspecified atom stereocenters. The molecular formula is C17H21N5O2. The van der Waals surface area contributed by atoms with Crippen LogP contribution in [0, 0.1) is 11.3 Å². The number of ether oxygens (including phenoxy) is 1. The molecule has 3 rings (SSSR count). The van der Waals surface area contributed by atoms with Gasteiger partial charge in [0.05, 0.1) is 17.7 Å². The Balaban J connectivity index is 1.39. The summed E-state index contributed by atoms with van der Waals surface area (Å²) in [5, 5.41) is 23.1. The van der Waals surface area contributed by atoms with Gasteiger partial charge in [-0.25, -0.2) is 9.67 Å². The fraction of sp³-hybridized carbons (Fsp3) is 0.471. The van der Waals surface area contributed by atoms with Crippen LogP contribution in [0.2, 0.25) is 0 Å². The van der Waals surface area contributed by atoms with Gasteiger partial charge in [-0.05, 0) is 37.1 Å². The maximum absolute atomic E-state index is 10.2. The SMILES string of the molecule is N#Cc1ccc(OCC(O)CN2CCC(n3cncn3)CC2)cc1. The minimum absolute atomic E-state index is 0.245. The Labute approximate surface area is 141 Å². The number of hydrogen-bond donors (Lipinski definition) is 1. The average molecular weight is 327 g/mol. The van der Waals surface area contributed by atoms with Crippen LogP contribution in [-0.4, -0.2) is 57.1 Å². The lowest BCUT2D eigenvalue weighted by Gasteiger charge is -2.32. The molecule has 0 spiro atoms. The van der Waals surface area contributed by atoms with Gasteiger partial charge in [-0.1, -0.05) is 0 Å². The van der Waals surface area contributed by atoms with Gasteiger partial charge in [0, 0.05) is 19.6 Å². The molecule has 0 bridgehead atoms. The van der Waals surface area contributed by atoms with E-state index < -0.39 is 6.10 Å². The Kier molecular flexibility index (Phi) is 5.41. The summed E-state index contributed by atoms with van der Waals surface area (Å²) in [4.78, 5) is 6.24. The van der Waals surface area contributed by atoms with Crippen molar-refractivity contribution in [3.8, 4) is 11.8 Å². The molecule has 0 radical (unpaired) electrons. The summed E-state index contributed by atoms with van der Waals surface area (Å²) in [5.41, 5.74) is 0.596. The molecule has 1 saturated heterocycles. The number of likely N-dealkylation sites (tertiary alicyclic amines) is 1. The molecule has 2 heterocycles. The zero-order chi connectivity index (χ0) is 16.8. The maximum atomic E-state index is 10.2. The van der Waals surface area contributed by atoms with Crippen LogP contribution in [0.1, 0.15) is 24.4 Å². The Morgan fingerprint density at radius 2 is 2.04 bits per heavy atom. The highest BCUT2D eigenvalue weighted by molar-refractivity contribution is 5.34. The first-order chi connectivity index (χ1) is 11.7. The smallest absolute Gasteiger partial charge is 0.137 e. The Morgan fingerprint density at radius 1 is 1.29 bits per heavy atom. The topological polar surface area (TPSA) is 87.2 Å². The molecule has 24 heavy (non-hydrogen) atoms. The molecule has 2 aromatic rings. The molecule has 1 aromatic carbocycles. The highest BCUT2D eigenvalue weighted by Gasteiger charge is 2.22. The van der Waals surface area contributed by atoms with Crippen molar-refractivity contribution in [2.24, 2.45) is 0 Å². The molecule has 1 aromatic heterocycles. The second-order valence-electron chi connectivity index (χ2n) is 6.01. The van der Waals surface area contributed by atoms with Crippen LogP contribution in [-0.2, 0) is 0 Å². The average Bonchev–Trinajstić information content (AvgIpc) is 3.16. The first-order valence-corrected chi connectivity index (χ1v) is 8.12. The normalized spacial score (nSPS) is 17.3. The van der Waals surface area contributed by atoms with Gasteiger partial charge >= 0.3 is 0 Å². The van der Waals surface area contributed by atoms with Gasteiger partial charge in [0.15, 0.2) is 0 Å². The molecule has 7 heteroatoms. The first kappa shape index (κ1) is 16.4. The molecular weight excluding hydrogens is 306 g/mol. The Morgan fingerprint density at radius 3 is 2.67 bits per heavy atom. The van der Waals surface area contributed by atoms with Crippen LogP contribution in [0.4, 0.5) is 0 Å². The van der Waals surface area contributed by atoms with E-state index in [2.05, 4.69) is 21.1 Å². The van der Waals surface area contributed by atoms with Crippen LogP contribution in [0.5, 0.6) is 5.75 Å². The Hall–Kier alpha value is -2.43. The van der Waals surface area contributed by atoms with Crippen molar-refractivity contribution in [1.82, 2.24) is 19.7 Å². The quantitative estimate of drug-likeness (QED) is 0.858. The Bertz CT molecular complexity index is 657. The fourth-order valence-electron chi connectivity index (χ4n) is 2.94. The number of piperidine rings is 1. The summed E-state index contributed by atoms with van der Waals surface area (Å²) in [6.07, 6.45) is 4.81. The maximum Gasteiger partial charge on any atom is 0.137 e. The van der Waals surface area contributed by atoms with Gasteiger partial charge in [-0.3, -0.25) is 0 Å². The third-order valence-corrected chi connectivity index (χ3v) is 4.26. The number of nitriles is 1. The van der Waals surface area contributed by atoms with E-state index in [1.54, 1.807) is 36.9 Å². The van der Waals surface area contributed by atoms with Gasteiger partial charge in [0.25, 0.3) is 0 Å². The van der Waals surface area contributed by atoms with Crippen molar-refractivity contribution in [2.45, 2.75) is 25.0 Å². The van der Waals surface area contributed by atoms with Crippen molar-refractivity contribution in [1.29, 1.82) is 5.26 Å². The van der Waals surface area contributed by atoms with E-state index in [9.17, 15) is 5.11 Å². The second-order valence-corrected chi connectivity index (χ2v) is 6.01.